The Kier molecular flexibility index (Phi) is 5.49. The number of carbonyl (C=O) groups excluding carboxylic acids is 1. The van der Waals surface area contributed by atoms with E-state index in [2.05, 4.69) is 15.6 Å². The largest absolute Gasteiger partial charge is 0.494 e. The van der Waals surface area contributed by atoms with E-state index in [1.54, 1.807) is 24.4 Å². The summed E-state index contributed by atoms with van der Waals surface area (Å²) in [7, 11) is 0. The summed E-state index contributed by atoms with van der Waals surface area (Å²) in [6, 6.07) is 18.8. The van der Waals surface area contributed by atoms with Crippen molar-refractivity contribution in [2.75, 3.05) is 17.2 Å². The molecule has 0 unspecified atom stereocenters. The fourth-order valence-electron chi connectivity index (χ4n) is 2.50. The van der Waals surface area contributed by atoms with Gasteiger partial charge in [-0.15, -0.1) is 0 Å². The van der Waals surface area contributed by atoms with Crippen molar-refractivity contribution in [3.63, 3.8) is 0 Å². The molecular formula is C21H21N3O2. The topological polar surface area (TPSA) is 63.2 Å². The first-order valence-corrected chi connectivity index (χ1v) is 8.48. The van der Waals surface area contributed by atoms with E-state index in [0.29, 0.717) is 18.0 Å². The van der Waals surface area contributed by atoms with Crippen molar-refractivity contribution in [2.45, 2.75) is 13.8 Å². The average Bonchev–Trinajstić information content (AvgIpc) is 2.66. The number of carbonyl (C=O) groups is 1. The van der Waals surface area contributed by atoms with Gasteiger partial charge < -0.3 is 15.4 Å². The molecule has 26 heavy (non-hydrogen) atoms. The van der Waals surface area contributed by atoms with Crippen molar-refractivity contribution in [1.82, 2.24) is 4.98 Å². The van der Waals surface area contributed by atoms with Gasteiger partial charge in [0, 0.05) is 23.3 Å². The second kappa shape index (κ2) is 8.16. The lowest BCUT2D eigenvalue weighted by molar-refractivity contribution is 0.102. The summed E-state index contributed by atoms with van der Waals surface area (Å²) >= 11 is 0. The molecule has 1 amide bonds. The van der Waals surface area contributed by atoms with Crippen molar-refractivity contribution in [3.05, 3.63) is 78.1 Å². The van der Waals surface area contributed by atoms with E-state index in [1.165, 1.54) is 0 Å². The first kappa shape index (κ1) is 17.5. The number of benzene rings is 2. The van der Waals surface area contributed by atoms with Gasteiger partial charge >= 0.3 is 0 Å². The third-order valence-electron chi connectivity index (χ3n) is 3.84. The van der Waals surface area contributed by atoms with Crippen molar-refractivity contribution in [1.29, 1.82) is 0 Å². The Labute approximate surface area is 153 Å². The Bertz CT molecular complexity index is 892. The van der Waals surface area contributed by atoms with Gasteiger partial charge in [-0.2, -0.15) is 0 Å². The zero-order valence-corrected chi connectivity index (χ0v) is 14.8. The molecule has 0 aliphatic rings. The molecule has 0 aliphatic carbocycles. The molecule has 1 aromatic heterocycles. The smallest absolute Gasteiger partial charge is 0.274 e. The van der Waals surface area contributed by atoms with Crippen molar-refractivity contribution >= 4 is 23.0 Å². The molecular weight excluding hydrogens is 326 g/mol. The lowest BCUT2D eigenvalue weighted by atomic mass is 10.2. The molecule has 0 atom stereocenters. The normalized spacial score (nSPS) is 10.2. The number of rotatable bonds is 6. The van der Waals surface area contributed by atoms with Crippen LogP contribution in [0.2, 0.25) is 0 Å². The molecule has 3 aromatic rings. The maximum absolute atomic E-state index is 12.5. The summed E-state index contributed by atoms with van der Waals surface area (Å²) in [5.74, 6) is 0.510. The summed E-state index contributed by atoms with van der Waals surface area (Å²) < 4.78 is 5.40. The van der Waals surface area contributed by atoms with Crippen LogP contribution >= 0.6 is 0 Å². The SMILES string of the molecule is CCOc1ccc(NC(=O)c2cc(Nc3ccccc3C)ccn2)cc1. The Hall–Kier alpha value is -3.34. The Morgan fingerprint density at radius 2 is 1.81 bits per heavy atom. The zero-order chi connectivity index (χ0) is 18.4. The van der Waals surface area contributed by atoms with E-state index in [4.69, 9.17) is 4.74 Å². The van der Waals surface area contributed by atoms with Gasteiger partial charge in [-0.25, -0.2) is 0 Å². The molecule has 2 aromatic carbocycles. The fraction of sp³-hybridized carbons (Fsp3) is 0.143. The first-order valence-electron chi connectivity index (χ1n) is 8.48. The van der Waals surface area contributed by atoms with Crippen LogP contribution in [-0.4, -0.2) is 17.5 Å². The molecule has 132 valence electrons. The highest BCUT2D eigenvalue weighted by Gasteiger charge is 2.09. The monoisotopic (exact) mass is 347 g/mol. The predicted octanol–water partition coefficient (Wildman–Crippen LogP) is 4.78. The maximum atomic E-state index is 12.5. The number of nitrogens with one attached hydrogen (secondary N) is 2. The van der Waals surface area contributed by atoms with Crippen molar-refractivity contribution in [3.8, 4) is 5.75 Å². The molecule has 2 N–H and O–H groups in total. The van der Waals surface area contributed by atoms with Gasteiger partial charge in [0.25, 0.3) is 5.91 Å². The summed E-state index contributed by atoms with van der Waals surface area (Å²) in [4.78, 5) is 16.6. The van der Waals surface area contributed by atoms with Crippen molar-refractivity contribution < 1.29 is 9.53 Å². The first-order chi connectivity index (χ1) is 12.7. The molecule has 0 saturated heterocycles. The van der Waals surface area contributed by atoms with Gasteiger partial charge in [0.15, 0.2) is 0 Å². The third kappa shape index (κ3) is 4.39. The summed E-state index contributed by atoms with van der Waals surface area (Å²) in [5, 5.41) is 6.16. The zero-order valence-electron chi connectivity index (χ0n) is 14.8. The highest BCUT2D eigenvalue weighted by atomic mass is 16.5. The number of pyridine rings is 1. The summed E-state index contributed by atoms with van der Waals surface area (Å²) in [6.45, 7) is 4.57. The molecule has 3 rings (SSSR count). The van der Waals surface area contributed by atoms with Gasteiger partial charge in [-0.05, 0) is 61.9 Å². The number of amides is 1. The van der Waals surface area contributed by atoms with Gasteiger partial charge in [-0.1, -0.05) is 18.2 Å². The highest BCUT2D eigenvalue weighted by Crippen LogP contribution is 2.21. The molecule has 5 nitrogen and oxygen atoms in total. The third-order valence-corrected chi connectivity index (χ3v) is 3.84. The molecule has 5 heteroatoms. The second-order valence-corrected chi connectivity index (χ2v) is 5.78. The summed E-state index contributed by atoms with van der Waals surface area (Å²) in [6.07, 6.45) is 1.62. The lowest BCUT2D eigenvalue weighted by Crippen LogP contribution is -2.13. The van der Waals surface area contributed by atoms with Crippen LogP contribution in [0.5, 0.6) is 5.75 Å². The molecule has 0 saturated carbocycles. The van der Waals surface area contributed by atoms with E-state index in [9.17, 15) is 4.79 Å². The lowest BCUT2D eigenvalue weighted by Gasteiger charge is -2.11. The van der Waals surface area contributed by atoms with Crippen LogP contribution in [0, 0.1) is 6.92 Å². The van der Waals surface area contributed by atoms with Crippen LogP contribution in [0.4, 0.5) is 17.1 Å². The van der Waals surface area contributed by atoms with Gasteiger partial charge in [0.05, 0.1) is 6.61 Å². The standard InChI is InChI=1S/C21H21N3O2/c1-3-26-18-10-8-16(9-11-18)24-21(25)20-14-17(12-13-22-20)23-19-7-5-4-6-15(19)2/h4-14H,3H2,1-2H3,(H,22,23)(H,24,25). The number of ether oxygens (including phenoxy) is 1. The van der Waals surface area contributed by atoms with Crippen LogP contribution in [0.25, 0.3) is 0 Å². The molecule has 0 fully saturated rings. The van der Waals surface area contributed by atoms with E-state index < -0.39 is 0 Å². The number of nitrogens with zero attached hydrogens (tertiary/aromatic N) is 1. The highest BCUT2D eigenvalue weighted by molar-refractivity contribution is 6.03. The van der Waals surface area contributed by atoms with E-state index >= 15 is 0 Å². The van der Waals surface area contributed by atoms with Crippen LogP contribution in [0.15, 0.2) is 66.9 Å². The van der Waals surface area contributed by atoms with E-state index in [-0.39, 0.29) is 5.91 Å². The number of para-hydroxylation sites is 1. The molecule has 1 heterocycles. The Morgan fingerprint density at radius 3 is 2.54 bits per heavy atom. The minimum Gasteiger partial charge on any atom is -0.494 e. The average molecular weight is 347 g/mol. The van der Waals surface area contributed by atoms with Gasteiger partial charge in [0.2, 0.25) is 0 Å². The number of hydrogen-bond donors (Lipinski definition) is 2. The van der Waals surface area contributed by atoms with Crippen LogP contribution in [-0.2, 0) is 0 Å². The van der Waals surface area contributed by atoms with Crippen LogP contribution in [0.3, 0.4) is 0 Å². The van der Waals surface area contributed by atoms with E-state index in [1.807, 2.05) is 56.3 Å². The van der Waals surface area contributed by atoms with Gasteiger partial charge in [0.1, 0.15) is 11.4 Å². The molecule has 0 spiro atoms. The number of aryl methyl sites for hydroxylation is 1. The second-order valence-electron chi connectivity index (χ2n) is 5.78. The van der Waals surface area contributed by atoms with Crippen LogP contribution < -0.4 is 15.4 Å². The predicted molar refractivity (Wildman–Crippen MR) is 104 cm³/mol. The molecule has 0 bridgehead atoms. The quantitative estimate of drug-likeness (QED) is 0.673. The Morgan fingerprint density at radius 1 is 1.04 bits per heavy atom. The minimum absolute atomic E-state index is 0.261. The minimum atomic E-state index is -0.261. The Balaban J connectivity index is 1.71. The molecule has 0 radical (unpaired) electrons. The van der Waals surface area contributed by atoms with Crippen molar-refractivity contribution in [2.24, 2.45) is 0 Å². The van der Waals surface area contributed by atoms with Crippen LogP contribution in [0.1, 0.15) is 23.0 Å². The number of hydrogen-bond acceptors (Lipinski definition) is 4. The van der Waals surface area contributed by atoms with E-state index in [0.717, 1.165) is 22.7 Å². The molecule has 0 aliphatic heterocycles. The maximum Gasteiger partial charge on any atom is 0.274 e. The van der Waals surface area contributed by atoms with Gasteiger partial charge in [-0.3, -0.25) is 9.78 Å². The number of aromatic nitrogens is 1. The number of anilines is 3. The summed E-state index contributed by atoms with van der Waals surface area (Å²) in [5.41, 5.74) is 3.97. The fourth-order valence-corrected chi connectivity index (χ4v) is 2.50.